The zero-order chi connectivity index (χ0) is 15.6. The Morgan fingerprint density at radius 1 is 1.20 bits per heavy atom. The Morgan fingerprint density at radius 3 is 2.25 bits per heavy atom. The summed E-state index contributed by atoms with van der Waals surface area (Å²) in [5.74, 6) is -6.30. The van der Waals surface area contributed by atoms with E-state index in [0.717, 1.165) is 19.1 Å². The molecule has 0 N–H and O–H groups in total. The lowest BCUT2D eigenvalue weighted by Crippen LogP contribution is -2.28. The van der Waals surface area contributed by atoms with Crippen LogP contribution in [0.2, 0.25) is 0 Å². The highest BCUT2D eigenvalue weighted by atomic mass is 19.4. The monoisotopic (exact) mass is 298 g/mol. The summed E-state index contributed by atoms with van der Waals surface area (Å²) >= 11 is 0. The predicted molar refractivity (Wildman–Crippen MR) is 58.4 cm³/mol. The lowest BCUT2D eigenvalue weighted by atomic mass is 10.1. The quantitative estimate of drug-likeness (QED) is 0.630. The van der Waals surface area contributed by atoms with Crippen molar-refractivity contribution in [2.24, 2.45) is 0 Å². The number of rotatable bonds is 4. The van der Waals surface area contributed by atoms with E-state index in [1.165, 1.54) is 6.92 Å². The van der Waals surface area contributed by atoms with Crippen molar-refractivity contribution in [2.45, 2.75) is 26.1 Å². The molecule has 0 saturated heterocycles. The van der Waals surface area contributed by atoms with Crippen molar-refractivity contribution in [2.75, 3.05) is 6.61 Å². The van der Waals surface area contributed by atoms with Gasteiger partial charge in [-0.1, -0.05) is 0 Å². The van der Waals surface area contributed by atoms with E-state index in [2.05, 4.69) is 9.47 Å². The number of halogens is 5. The van der Waals surface area contributed by atoms with E-state index < -0.39 is 29.6 Å². The van der Waals surface area contributed by atoms with E-state index in [1.54, 1.807) is 0 Å². The van der Waals surface area contributed by atoms with Gasteiger partial charge in [-0.25, -0.2) is 4.79 Å². The van der Waals surface area contributed by atoms with Crippen LogP contribution in [0.25, 0.3) is 0 Å². The number of benzene rings is 1. The summed E-state index contributed by atoms with van der Waals surface area (Å²) in [6, 6.07) is 2.16. The van der Waals surface area contributed by atoms with Crippen LogP contribution in [0.3, 0.4) is 0 Å². The summed E-state index contributed by atoms with van der Waals surface area (Å²) < 4.78 is 71.3. The molecule has 20 heavy (non-hydrogen) atoms. The molecule has 0 spiro atoms. The van der Waals surface area contributed by atoms with E-state index in [0.29, 0.717) is 6.07 Å². The van der Waals surface area contributed by atoms with Gasteiger partial charge in [-0.3, -0.25) is 0 Å². The van der Waals surface area contributed by atoms with Gasteiger partial charge in [0.2, 0.25) is 0 Å². The molecule has 0 aliphatic rings. The SMILES string of the molecule is CCOC(=O)C(F)(F)c1ccc(OC(F)(F)F)c(C)c1. The first-order valence-electron chi connectivity index (χ1n) is 5.50. The molecule has 0 fully saturated rings. The molecule has 0 radical (unpaired) electrons. The van der Waals surface area contributed by atoms with Gasteiger partial charge >= 0.3 is 18.3 Å². The van der Waals surface area contributed by atoms with Crippen LogP contribution in [0.15, 0.2) is 18.2 Å². The van der Waals surface area contributed by atoms with Crippen molar-refractivity contribution in [3.05, 3.63) is 29.3 Å². The maximum Gasteiger partial charge on any atom is 0.573 e. The average molecular weight is 298 g/mol. The second-order valence-electron chi connectivity index (χ2n) is 3.82. The fourth-order valence-electron chi connectivity index (χ4n) is 1.42. The summed E-state index contributed by atoms with van der Waals surface area (Å²) in [4.78, 5) is 11.1. The van der Waals surface area contributed by atoms with Gasteiger partial charge in [0.15, 0.2) is 0 Å². The van der Waals surface area contributed by atoms with E-state index >= 15 is 0 Å². The van der Waals surface area contributed by atoms with Crippen LogP contribution < -0.4 is 4.74 Å². The number of hydrogen-bond acceptors (Lipinski definition) is 3. The Hall–Kier alpha value is -1.86. The molecular weight excluding hydrogens is 287 g/mol. The smallest absolute Gasteiger partial charge is 0.461 e. The summed E-state index contributed by atoms with van der Waals surface area (Å²) in [5, 5.41) is 0. The summed E-state index contributed by atoms with van der Waals surface area (Å²) in [6.07, 6.45) is -4.92. The summed E-state index contributed by atoms with van der Waals surface area (Å²) in [7, 11) is 0. The van der Waals surface area contributed by atoms with Crippen LogP contribution in [0.4, 0.5) is 22.0 Å². The molecule has 0 unspecified atom stereocenters. The highest BCUT2D eigenvalue weighted by Gasteiger charge is 2.43. The number of aryl methyl sites for hydroxylation is 1. The fourth-order valence-corrected chi connectivity index (χ4v) is 1.42. The normalized spacial score (nSPS) is 12.2. The minimum atomic E-state index is -4.92. The molecule has 112 valence electrons. The minimum Gasteiger partial charge on any atom is -0.461 e. The Morgan fingerprint density at radius 2 is 1.80 bits per heavy atom. The van der Waals surface area contributed by atoms with Crippen LogP contribution in [-0.2, 0) is 15.5 Å². The maximum atomic E-state index is 13.6. The number of hydrogen-bond donors (Lipinski definition) is 0. The van der Waals surface area contributed by atoms with Gasteiger partial charge in [0.05, 0.1) is 6.61 Å². The van der Waals surface area contributed by atoms with Gasteiger partial charge in [0, 0.05) is 5.56 Å². The van der Waals surface area contributed by atoms with Gasteiger partial charge in [0.1, 0.15) is 5.75 Å². The van der Waals surface area contributed by atoms with Gasteiger partial charge in [-0.05, 0) is 37.6 Å². The fraction of sp³-hybridized carbons (Fsp3) is 0.417. The first-order chi connectivity index (χ1) is 9.08. The first-order valence-corrected chi connectivity index (χ1v) is 5.50. The molecule has 0 aliphatic heterocycles. The molecule has 1 aromatic carbocycles. The molecule has 0 aliphatic carbocycles. The summed E-state index contributed by atoms with van der Waals surface area (Å²) in [5.41, 5.74) is -0.938. The number of ether oxygens (including phenoxy) is 2. The van der Waals surface area contributed by atoms with Crippen LogP contribution in [0, 0.1) is 6.92 Å². The van der Waals surface area contributed by atoms with Crippen molar-refractivity contribution in [3.63, 3.8) is 0 Å². The van der Waals surface area contributed by atoms with Crippen LogP contribution in [0.5, 0.6) is 5.75 Å². The first kappa shape index (κ1) is 16.2. The molecule has 8 heteroatoms. The van der Waals surface area contributed by atoms with E-state index in [-0.39, 0.29) is 12.2 Å². The largest absolute Gasteiger partial charge is 0.573 e. The molecule has 1 rings (SSSR count). The molecule has 0 bridgehead atoms. The zero-order valence-corrected chi connectivity index (χ0v) is 10.6. The van der Waals surface area contributed by atoms with Crippen molar-refractivity contribution in [1.29, 1.82) is 0 Å². The number of esters is 1. The van der Waals surface area contributed by atoms with E-state index in [4.69, 9.17) is 0 Å². The highest BCUT2D eigenvalue weighted by Crippen LogP contribution is 2.34. The van der Waals surface area contributed by atoms with Crippen molar-refractivity contribution < 1.29 is 36.2 Å². The Bertz CT molecular complexity index is 496. The maximum absolute atomic E-state index is 13.6. The third-order valence-corrected chi connectivity index (χ3v) is 2.29. The van der Waals surface area contributed by atoms with E-state index in [1.807, 2.05) is 0 Å². The standard InChI is InChI=1S/C12H11F5O3/c1-3-19-10(18)11(13,14)8-4-5-9(7(2)6-8)20-12(15,16)17/h4-6H,3H2,1-2H3. The molecule has 0 heterocycles. The molecule has 3 nitrogen and oxygen atoms in total. The third kappa shape index (κ3) is 3.82. The summed E-state index contributed by atoms with van der Waals surface area (Å²) in [6.45, 7) is 2.29. The van der Waals surface area contributed by atoms with Crippen LogP contribution in [0.1, 0.15) is 18.1 Å². The Kier molecular flexibility index (Phi) is 4.57. The number of carbonyl (C=O) groups is 1. The lowest BCUT2D eigenvalue weighted by Gasteiger charge is -2.17. The average Bonchev–Trinajstić information content (AvgIpc) is 2.30. The van der Waals surface area contributed by atoms with Gasteiger partial charge in [-0.2, -0.15) is 8.78 Å². The predicted octanol–water partition coefficient (Wildman–Crippen LogP) is 3.55. The van der Waals surface area contributed by atoms with Crippen LogP contribution in [-0.4, -0.2) is 18.9 Å². The van der Waals surface area contributed by atoms with Crippen molar-refractivity contribution >= 4 is 5.97 Å². The topological polar surface area (TPSA) is 35.5 Å². The Balaban J connectivity index is 3.05. The second-order valence-corrected chi connectivity index (χ2v) is 3.82. The lowest BCUT2D eigenvalue weighted by molar-refractivity contribution is -0.274. The zero-order valence-electron chi connectivity index (χ0n) is 10.6. The van der Waals surface area contributed by atoms with Crippen LogP contribution >= 0.6 is 0 Å². The Labute approximate surface area is 111 Å². The molecule has 0 saturated carbocycles. The minimum absolute atomic E-state index is 0.177. The van der Waals surface area contributed by atoms with Crippen molar-refractivity contribution in [3.8, 4) is 5.75 Å². The van der Waals surface area contributed by atoms with Gasteiger partial charge in [0.25, 0.3) is 0 Å². The third-order valence-electron chi connectivity index (χ3n) is 2.29. The van der Waals surface area contributed by atoms with E-state index in [9.17, 15) is 26.7 Å². The molecule has 0 atom stereocenters. The second kappa shape index (κ2) is 5.64. The van der Waals surface area contributed by atoms with Gasteiger partial charge in [-0.15, -0.1) is 13.2 Å². The highest BCUT2D eigenvalue weighted by molar-refractivity contribution is 5.79. The van der Waals surface area contributed by atoms with Crippen molar-refractivity contribution in [1.82, 2.24) is 0 Å². The van der Waals surface area contributed by atoms with Gasteiger partial charge < -0.3 is 9.47 Å². The molecular formula is C12H11F5O3. The molecule has 0 aromatic heterocycles. The molecule has 1 aromatic rings. The number of carbonyl (C=O) groups excluding carboxylic acids is 1. The number of alkyl halides is 5. The molecule has 0 amide bonds.